The van der Waals surface area contributed by atoms with Gasteiger partial charge in [0.25, 0.3) is 0 Å². The monoisotopic (exact) mass is 1790 g/mol. The van der Waals surface area contributed by atoms with E-state index in [9.17, 15) is 0 Å². The molecule has 1 heterocycles. The molecule has 94 valence electrons. The van der Waals surface area contributed by atoms with Crippen molar-refractivity contribution in [2.24, 2.45) is 0 Å². The second kappa shape index (κ2) is 11.2. The van der Waals surface area contributed by atoms with Gasteiger partial charge in [0.05, 0.1) is 0 Å². The molecule has 3 rings (SSSR count). The van der Waals surface area contributed by atoms with E-state index >= 15 is 0 Å². The van der Waals surface area contributed by atoms with Crippen molar-refractivity contribution in [3.63, 3.8) is 0 Å². The van der Waals surface area contributed by atoms with Gasteiger partial charge in [0, 0.05) is 0 Å². The summed E-state index contributed by atoms with van der Waals surface area (Å²) in [6.07, 6.45) is 0. The molecular formula is C14H13NORa7. The van der Waals surface area contributed by atoms with Gasteiger partial charge in [-0.15, -0.1) is 0 Å². The zero-order valence-electron chi connectivity index (χ0n) is 15.9. The molecule has 9 heteroatoms. The number of anilines is 2. The van der Waals surface area contributed by atoms with Crippen molar-refractivity contribution in [3.8, 4) is 11.5 Å². The second-order valence-corrected chi connectivity index (χ2v) is 35.4. The van der Waals surface area contributed by atoms with Crippen LogP contribution in [0.5, 0.6) is 11.5 Å². The molecule has 2 aromatic carbocycles. The first-order valence-corrected chi connectivity index (χ1v) is 36.6. The normalized spacial score (nSPS) is 12.2. The number of fused-ring (bicyclic) bond motifs is 2. The van der Waals surface area contributed by atoms with Crippen LogP contribution < -0.4 is 8.79 Å². The minimum atomic E-state index is 0.279. The average molecular weight is 1790 g/mol. The molecule has 1 aliphatic rings. The van der Waals surface area contributed by atoms with E-state index in [0.29, 0.717) is 257 Å². The number of hydrogen-bond donors (Lipinski definition) is 0. The Morgan fingerprint density at radius 3 is 1.30 bits per heavy atom. The summed E-state index contributed by atoms with van der Waals surface area (Å²) in [4.78, 5) is 0. The number of hydrogen-bond acceptors (Lipinski definition) is 2. The predicted octanol–water partition coefficient (Wildman–Crippen LogP) is -2.81. The van der Waals surface area contributed by atoms with Crippen molar-refractivity contribution in [3.05, 3.63) is 11.1 Å². The van der Waals surface area contributed by atoms with Crippen LogP contribution >= 0.6 is 0 Å². The first-order valence-electron chi connectivity index (χ1n) is 8.30. The van der Waals surface area contributed by atoms with Crippen LogP contribution in [-0.4, -0.2) is 0 Å². The van der Waals surface area contributed by atoms with Crippen LogP contribution in [0.15, 0.2) is 0 Å². The molecular weight excluding hydrogens is 1780 g/mol. The molecule has 1 aliphatic heterocycles. The third kappa shape index (κ3) is 5.21. The van der Waals surface area contributed by atoms with Gasteiger partial charge >= 0.3 is 357 Å². The summed E-state index contributed by atoms with van der Waals surface area (Å²) < 4.78 is 20.3. The van der Waals surface area contributed by atoms with Gasteiger partial charge in [-0.05, 0) is 0 Å². The molecule has 0 aromatic heterocycles. The van der Waals surface area contributed by atoms with E-state index in [1.807, 2.05) is 2.42 Å². The zero-order valence-corrected chi connectivity index (χ0v) is 73.4. The van der Waals surface area contributed by atoms with E-state index in [-0.39, 0.29) is 43.2 Å². The Morgan fingerprint density at radius 1 is 0.609 bits per heavy atom. The molecule has 0 spiro atoms. The Hall–Kier alpha value is 8.31. The Balaban J connectivity index is 2.40. The third-order valence-electron chi connectivity index (χ3n) is 6.07. The van der Waals surface area contributed by atoms with Gasteiger partial charge in [0.2, 0.25) is 0 Å². The number of nitrogens with zero attached hydrogens (tertiary/aromatic N) is 1. The Morgan fingerprint density at radius 2 is 0.957 bits per heavy atom. The fraction of sp³-hybridized carbons (Fsp3) is 0.143. The topological polar surface area (TPSA) is 12.5 Å². The zero-order chi connectivity index (χ0) is 17.2. The standard InChI is InChI=1S/C14H6NO.7Ra.7H/c1-9-5-3-7-11-13(9)15-14-10(2)6-4-8-12(14)16-11;;;;;;;;;;;;;;/h1-2H3;;;;;;;;;;;;;;/q-1;;;;;;;+1;;;;;;;. The third-order valence-corrected chi connectivity index (χ3v) is 112. The van der Waals surface area contributed by atoms with E-state index in [1.165, 1.54) is 22.9 Å². The molecule has 0 radical (unpaired) electrons. The van der Waals surface area contributed by atoms with E-state index in [0.717, 1.165) is 0 Å². The summed E-state index contributed by atoms with van der Waals surface area (Å²) in [5.41, 5.74) is 6.30. The molecule has 0 fully saturated rings. The van der Waals surface area contributed by atoms with Gasteiger partial charge in [-0.3, -0.25) is 0 Å². The molecule has 0 atom stereocenters. The summed E-state index contributed by atoms with van der Waals surface area (Å²) in [6, 6.07) is 0. The fourth-order valence-corrected chi connectivity index (χ4v) is 40.9. The number of rotatable bonds is 0. The van der Waals surface area contributed by atoms with Crippen LogP contribution in [0.2, 0.25) is 0 Å². The van der Waals surface area contributed by atoms with Crippen LogP contribution in [0, 0.1) is 314 Å². The van der Waals surface area contributed by atoms with Gasteiger partial charge in [0.15, 0.2) is 0 Å². The quantitative estimate of drug-likeness (QED) is 0.283. The predicted molar refractivity (Wildman–Crippen MR) is 72.1 cm³/mol. The molecule has 0 N–H and O–H groups in total. The summed E-state index contributed by atoms with van der Waals surface area (Å²) in [6.45, 7) is 4.80. The van der Waals surface area contributed by atoms with Gasteiger partial charge < -0.3 is 0 Å². The van der Waals surface area contributed by atoms with Gasteiger partial charge in [-0.25, -0.2) is 0 Å². The van der Waals surface area contributed by atoms with Crippen molar-refractivity contribution in [2.45, 2.75) is 13.8 Å². The molecule has 0 unspecified atom stereocenters. The van der Waals surface area contributed by atoms with Crippen LogP contribution in [-0.2, 0) is 0 Å². The molecule has 0 bridgehead atoms. The van der Waals surface area contributed by atoms with Crippen molar-refractivity contribution < 1.29 is 305 Å². The van der Waals surface area contributed by atoms with Crippen molar-refractivity contribution in [1.82, 2.24) is 0 Å². The maximum atomic E-state index is 6.78. The van der Waals surface area contributed by atoms with Gasteiger partial charge in [-0.2, -0.15) is 0 Å². The van der Waals surface area contributed by atoms with Crippen LogP contribution in [0.1, 0.15) is 11.1 Å². The second-order valence-electron chi connectivity index (χ2n) is 7.02. The van der Waals surface area contributed by atoms with Crippen molar-refractivity contribution in [1.29, 1.82) is 0 Å². The molecule has 0 saturated heterocycles. The molecule has 2 aromatic rings. The number of ether oxygens (including phenoxy) is 1. The fourth-order valence-electron chi connectivity index (χ4n) is 3.79. The van der Waals surface area contributed by atoms with E-state index in [1.54, 1.807) is 12.3 Å². The molecule has 0 amide bonds. The summed E-state index contributed by atoms with van der Waals surface area (Å²) in [5.74, 6) is 2.71. The Labute approximate surface area is 343 Å². The number of benzene rings is 2. The SMILES string of the molecule is Cc1[c]([RaH])[c]([RaH])[c]([RaH])c2c1[N]([RaH])c1c(C)[c]([RaH])[c]([RaH])[c]([RaH])c1O2. The Kier molecular flexibility index (Phi) is 12.6. The van der Waals surface area contributed by atoms with Crippen LogP contribution in [0.3, 0.4) is 0 Å². The summed E-state index contributed by atoms with van der Waals surface area (Å²) >= 11 is 2.94. The van der Waals surface area contributed by atoms with E-state index < -0.39 is 0 Å². The maximum absolute atomic E-state index is 6.78. The summed E-state index contributed by atoms with van der Waals surface area (Å²) in [5, 5.41) is 0. The van der Waals surface area contributed by atoms with Crippen LogP contribution in [0.25, 0.3) is 0 Å². The molecule has 0 aliphatic carbocycles. The summed E-state index contributed by atoms with van der Waals surface area (Å²) in [7, 11) is 0. The average Bonchev–Trinajstić information content (AvgIpc) is 2.53. The van der Waals surface area contributed by atoms with Crippen molar-refractivity contribution in [2.75, 3.05) is 0.431 Å². The van der Waals surface area contributed by atoms with E-state index in [4.69, 9.17) is 4.74 Å². The van der Waals surface area contributed by atoms with Gasteiger partial charge in [0.1, 0.15) is 0 Å². The Bertz CT molecular complexity index is 796. The van der Waals surface area contributed by atoms with E-state index in [2.05, 4.69) is 14.3 Å². The molecule has 2 nitrogen and oxygen atoms in total. The minimum absolute atomic E-state index is 0.279. The first kappa shape index (κ1) is 25.9. The molecule has 0 saturated carbocycles. The molecule has 23 heavy (non-hydrogen) atoms. The first-order chi connectivity index (χ1) is 10.7. The van der Waals surface area contributed by atoms with Gasteiger partial charge in [-0.1, -0.05) is 0 Å². The van der Waals surface area contributed by atoms with Crippen molar-refractivity contribution >= 4 is 15.0 Å². The van der Waals surface area contributed by atoms with Crippen LogP contribution in [0.4, 0.5) is 11.4 Å².